The zero-order valence-corrected chi connectivity index (χ0v) is 30.5. The molecule has 1 atom stereocenters. The molecule has 5 heterocycles. The van der Waals surface area contributed by atoms with Crippen LogP contribution in [0.5, 0.6) is 0 Å². The number of carbonyl (C=O) groups excluding carboxylic acids is 2. The number of amides is 2. The number of hydrogen-bond acceptors (Lipinski definition) is 5. The maximum Gasteiger partial charge on any atom is 0.260 e. The number of morpholine rings is 1. The number of hydrogen-bond donors (Lipinski definition) is 1. The van der Waals surface area contributed by atoms with Gasteiger partial charge in [-0.25, -0.2) is 0 Å². The molecule has 5 aromatic rings. The molecule has 52 heavy (non-hydrogen) atoms. The smallest absolute Gasteiger partial charge is 0.260 e. The number of aryl methyl sites for hydroxylation is 1. The van der Waals surface area contributed by atoms with E-state index in [1.54, 1.807) is 11.0 Å². The summed E-state index contributed by atoms with van der Waals surface area (Å²) in [5.74, 6) is -0.131. The molecular weight excluding hydrogens is 674 g/mol. The Balaban J connectivity index is 1.18. The molecule has 3 aromatic carbocycles. The molecule has 1 N–H and O–H groups in total. The molecule has 8 rings (SSSR count). The van der Waals surface area contributed by atoms with Crippen LogP contribution in [-0.4, -0.2) is 87.9 Å². The minimum atomic E-state index is -0.103. The Morgan fingerprint density at radius 1 is 0.942 bits per heavy atom. The number of benzene rings is 3. The molecule has 9 nitrogen and oxygen atoms in total. The molecule has 1 fully saturated rings. The van der Waals surface area contributed by atoms with Gasteiger partial charge in [0.25, 0.3) is 11.8 Å². The van der Waals surface area contributed by atoms with Crippen molar-refractivity contribution in [2.24, 2.45) is 7.05 Å². The summed E-state index contributed by atoms with van der Waals surface area (Å²) in [5, 5.41) is 11.4. The van der Waals surface area contributed by atoms with Gasteiger partial charge < -0.3 is 28.8 Å². The monoisotopic (exact) mass is 719 g/mol. The third kappa shape index (κ3) is 6.67. The van der Waals surface area contributed by atoms with E-state index >= 15 is 0 Å². The van der Waals surface area contributed by atoms with Gasteiger partial charge in [-0.05, 0) is 91.8 Å². The number of halogens is 1. The number of ether oxygens (including phenoxy) is 1. The molecule has 2 amide bonds. The van der Waals surface area contributed by atoms with E-state index in [2.05, 4.69) is 38.3 Å². The zero-order valence-electron chi connectivity index (χ0n) is 29.8. The molecule has 2 aromatic heterocycles. The fraction of sp³-hybridized carbons (Fsp3) is 0.381. The summed E-state index contributed by atoms with van der Waals surface area (Å²) in [7, 11) is 2.01. The van der Waals surface area contributed by atoms with Crippen molar-refractivity contribution >= 4 is 40.0 Å². The van der Waals surface area contributed by atoms with Crippen molar-refractivity contribution in [3.05, 3.63) is 112 Å². The Kier molecular flexibility index (Phi) is 9.94. The van der Waals surface area contributed by atoms with Gasteiger partial charge in [0.2, 0.25) is 0 Å². The van der Waals surface area contributed by atoms with E-state index in [0.29, 0.717) is 48.9 Å². The van der Waals surface area contributed by atoms with Gasteiger partial charge in [0.1, 0.15) is 0 Å². The number of carbonyl (C=O) groups is 2. The SMILES string of the molecule is Cn1ccc2cc(N(CCCO)C(=O)c3cc(-c4cc(Cl)ccc4C(=O)N4Cc5ccccc5C[C@H]4CN4CCOCC4)n4c3CCCC4)ccc21. The summed E-state index contributed by atoms with van der Waals surface area (Å²) in [6.45, 7) is 5.56. The van der Waals surface area contributed by atoms with Crippen LogP contribution in [0.2, 0.25) is 5.02 Å². The van der Waals surface area contributed by atoms with E-state index in [-0.39, 0.29) is 24.5 Å². The molecule has 0 unspecified atom stereocenters. The van der Waals surface area contributed by atoms with E-state index in [1.807, 2.05) is 60.6 Å². The fourth-order valence-electron chi connectivity index (χ4n) is 8.38. The first kappa shape index (κ1) is 34.7. The summed E-state index contributed by atoms with van der Waals surface area (Å²) >= 11 is 6.72. The normalized spacial score (nSPS) is 17.6. The van der Waals surface area contributed by atoms with Crippen LogP contribution < -0.4 is 4.90 Å². The average Bonchev–Trinajstić information content (AvgIpc) is 3.75. The highest BCUT2D eigenvalue weighted by atomic mass is 35.5. The average molecular weight is 720 g/mol. The van der Waals surface area contributed by atoms with Crippen LogP contribution in [0.25, 0.3) is 22.2 Å². The second-order valence-corrected chi connectivity index (χ2v) is 14.8. The van der Waals surface area contributed by atoms with Crippen LogP contribution in [0, 0.1) is 0 Å². The van der Waals surface area contributed by atoms with Crippen LogP contribution >= 0.6 is 11.6 Å². The van der Waals surface area contributed by atoms with Gasteiger partial charge in [-0.1, -0.05) is 35.9 Å². The minimum Gasteiger partial charge on any atom is -0.396 e. The quantitative estimate of drug-likeness (QED) is 0.187. The predicted molar refractivity (Wildman–Crippen MR) is 205 cm³/mol. The zero-order chi connectivity index (χ0) is 35.8. The lowest BCUT2D eigenvalue weighted by Gasteiger charge is -2.40. The van der Waals surface area contributed by atoms with E-state index < -0.39 is 0 Å². The summed E-state index contributed by atoms with van der Waals surface area (Å²) in [4.78, 5) is 35.9. The molecule has 0 bridgehead atoms. The molecule has 10 heteroatoms. The standard InChI is InChI=1S/C42H46ClN5O4/c1-44-17-14-30-24-33(11-13-38(30)44)46(16-6-20-49)42(51)37-26-40(47-15-5-4-9-39(37)47)36-25-32(43)10-12-35(36)41(50)48-27-31-8-3-2-7-29(31)23-34(48)28-45-18-21-52-22-19-45/h2-3,7-8,10-14,17,24-26,34,49H,4-6,9,15-16,18-23,27-28H2,1H3/t34-/m0/s1. The molecule has 270 valence electrons. The number of aliphatic hydroxyl groups is 1. The third-order valence-corrected chi connectivity index (χ3v) is 11.4. The van der Waals surface area contributed by atoms with Gasteiger partial charge in [0, 0.05) is 109 Å². The molecule has 3 aliphatic rings. The van der Waals surface area contributed by atoms with Crippen molar-refractivity contribution in [3.63, 3.8) is 0 Å². The van der Waals surface area contributed by atoms with Crippen molar-refractivity contribution in [1.29, 1.82) is 0 Å². The highest BCUT2D eigenvalue weighted by Crippen LogP contribution is 2.37. The van der Waals surface area contributed by atoms with Crippen molar-refractivity contribution in [1.82, 2.24) is 18.9 Å². The Labute approximate surface area is 309 Å². The summed E-state index contributed by atoms with van der Waals surface area (Å²) in [5.41, 5.74) is 8.15. The highest BCUT2D eigenvalue weighted by Gasteiger charge is 2.35. The first-order valence-corrected chi connectivity index (χ1v) is 19.0. The summed E-state index contributed by atoms with van der Waals surface area (Å²) in [6, 6.07) is 24.1. The summed E-state index contributed by atoms with van der Waals surface area (Å²) < 4.78 is 9.93. The topological polar surface area (TPSA) is 83.2 Å². The lowest BCUT2D eigenvalue weighted by molar-refractivity contribution is 0.0193. The van der Waals surface area contributed by atoms with Crippen molar-refractivity contribution in [2.45, 2.75) is 51.2 Å². The predicted octanol–water partition coefficient (Wildman–Crippen LogP) is 6.57. The number of nitrogens with zero attached hydrogens (tertiary/aromatic N) is 5. The fourth-order valence-corrected chi connectivity index (χ4v) is 8.56. The maximum absolute atomic E-state index is 14.9. The Bertz CT molecular complexity index is 2110. The van der Waals surface area contributed by atoms with E-state index in [0.717, 1.165) is 85.4 Å². The minimum absolute atomic E-state index is 0.00411. The maximum atomic E-state index is 14.9. The Morgan fingerprint density at radius 3 is 2.60 bits per heavy atom. The number of fused-ring (bicyclic) bond motifs is 3. The Morgan fingerprint density at radius 2 is 1.77 bits per heavy atom. The molecule has 3 aliphatic heterocycles. The first-order chi connectivity index (χ1) is 25.4. The van der Waals surface area contributed by atoms with E-state index in [1.165, 1.54) is 11.1 Å². The number of rotatable bonds is 9. The third-order valence-electron chi connectivity index (χ3n) is 11.1. The van der Waals surface area contributed by atoms with Gasteiger partial charge in [-0.3, -0.25) is 14.5 Å². The van der Waals surface area contributed by atoms with Crippen molar-refractivity contribution in [3.8, 4) is 11.3 Å². The lowest BCUT2D eigenvalue weighted by atomic mass is 9.92. The second-order valence-electron chi connectivity index (χ2n) is 14.4. The largest absolute Gasteiger partial charge is 0.396 e. The Hall–Kier alpha value is -4.41. The van der Waals surface area contributed by atoms with Crippen LogP contribution in [0.1, 0.15) is 56.8 Å². The van der Waals surface area contributed by atoms with Crippen molar-refractivity contribution < 1.29 is 19.4 Å². The van der Waals surface area contributed by atoms with E-state index in [9.17, 15) is 14.7 Å². The molecule has 1 saturated heterocycles. The molecular formula is C42H46ClN5O4. The van der Waals surface area contributed by atoms with Crippen molar-refractivity contribution in [2.75, 3.05) is 50.9 Å². The number of anilines is 1. The lowest BCUT2D eigenvalue weighted by Crippen LogP contribution is -2.52. The van der Waals surface area contributed by atoms with Crippen LogP contribution in [0.3, 0.4) is 0 Å². The van der Waals surface area contributed by atoms with Crippen LogP contribution in [0.4, 0.5) is 5.69 Å². The highest BCUT2D eigenvalue weighted by molar-refractivity contribution is 6.31. The van der Waals surface area contributed by atoms with Gasteiger partial charge >= 0.3 is 0 Å². The van der Waals surface area contributed by atoms with E-state index in [4.69, 9.17) is 16.3 Å². The summed E-state index contributed by atoms with van der Waals surface area (Å²) in [6.07, 6.45) is 5.99. The first-order valence-electron chi connectivity index (χ1n) is 18.6. The van der Waals surface area contributed by atoms with Gasteiger partial charge in [0.15, 0.2) is 0 Å². The second kappa shape index (κ2) is 14.9. The van der Waals surface area contributed by atoms with Gasteiger partial charge in [0.05, 0.1) is 18.8 Å². The number of aromatic nitrogens is 2. The molecule has 0 aliphatic carbocycles. The number of aliphatic hydroxyl groups excluding tert-OH is 1. The molecule has 0 radical (unpaired) electrons. The van der Waals surface area contributed by atoms with Gasteiger partial charge in [-0.2, -0.15) is 0 Å². The van der Waals surface area contributed by atoms with Crippen LogP contribution in [0.15, 0.2) is 79.0 Å². The molecule has 0 spiro atoms. The van der Waals surface area contributed by atoms with Gasteiger partial charge in [-0.15, -0.1) is 0 Å². The molecule has 0 saturated carbocycles. The van der Waals surface area contributed by atoms with Crippen LogP contribution in [-0.2, 0) is 37.7 Å².